The summed E-state index contributed by atoms with van der Waals surface area (Å²) in [6, 6.07) is 11.2. The van der Waals surface area contributed by atoms with Gasteiger partial charge >= 0.3 is 5.97 Å². The zero-order chi connectivity index (χ0) is 12.8. The van der Waals surface area contributed by atoms with Crippen LogP contribution >= 0.6 is 0 Å². The topological polar surface area (TPSA) is 53.3 Å². The van der Waals surface area contributed by atoms with Gasteiger partial charge in [-0.3, -0.25) is 4.79 Å². The van der Waals surface area contributed by atoms with E-state index in [1.807, 2.05) is 30.3 Å². The highest BCUT2D eigenvalue weighted by Gasteiger charge is 2.22. The third-order valence-electron chi connectivity index (χ3n) is 2.39. The molecule has 17 heavy (non-hydrogen) atoms. The van der Waals surface area contributed by atoms with Crippen LogP contribution < -0.4 is 4.90 Å². The molecule has 0 aromatic heterocycles. The van der Waals surface area contributed by atoms with Gasteiger partial charge in [0, 0.05) is 12.6 Å². The van der Waals surface area contributed by atoms with E-state index < -0.39 is 6.23 Å². The van der Waals surface area contributed by atoms with Gasteiger partial charge < -0.3 is 9.64 Å². The number of esters is 1. The molecule has 0 heterocycles. The molecule has 0 amide bonds. The van der Waals surface area contributed by atoms with Gasteiger partial charge in [0.15, 0.2) is 6.23 Å². The maximum atomic E-state index is 11.0. The predicted molar refractivity (Wildman–Crippen MR) is 65.2 cm³/mol. The minimum absolute atomic E-state index is 0.358. The Morgan fingerprint density at radius 1 is 1.35 bits per heavy atom. The van der Waals surface area contributed by atoms with Crippen molar-refractivity contribution in [2.24, 2.45) is 0 Å². The lowest BCUT2D eigenvalue weighted by atomic mass is 10.2. The monoisotopic (exact) mass is 232 g/mol. The number of hydrogen-bond acceptors (Lipinski definition) is 4. The van der Waals surface area contributed by atoms with E-state index in [-0.39, 0.29) is 12.0 Å². The van der Waals surface area contributed by atoms with Gasteiger partial charge in [0.05, 0.1) is 6.07 Å². The van der Waals surface area contributed by atoms with E-state index in [0.29, 0.717) is 0 Å². The first-order chi connectivity index (χ1) is 8.06. The number of hydrogen-bond donors (Lipinski definition) is 0. The van der Waals surface area contributed by atoms with Crippen LogP contribution in [0.3, 0.4) is 0 Å². The zero-order valence-electron chi connectivity index (χ0n) is 10.3. The number of carbonyl (C=O) groups is 1. The fraction of sp³-hybridized carbons (Fsp3) is 0.385. The van der Waals surface area contributed by atoms with Crippen molar-refractivity contribution in [2.75, 3.05) is 4.90 Å². The van der Waals surface area contributed by atoms with Gasteiger partial charge in [0.1, 0.15) is 6.04 Å². The van der Waals surface area contributed by atoms with Crippen molar-refractivity contribution in [2.45, 2.75) is 33.0 Å². The van der Waals surface area contributed by atoms with E-state index in [4.69, 9.17) is 10.00 Å². The highest BCUT2D eigenvalue weighted by atomic mass is 16.6. The Kier molecular flexibility index (Phi) is 4.53. The Morgan fingerprint density at radius 2 is 1.94 bits per heavy atom. The highest BCUT2D eigenvalue weighted by Crippen LogP contribution is 2.20. The Balaban J connectivity index is 2.97. The minimum atomic E-state index is -0.468. The summed E-state index contributed by atoms with van der Waals surface area (Å²) in [4.78, 5) is 12.7. The molecular formula is C13H16N2O2. The Bertz CT molecular complexity index is 411. The summed E-state index contributed by atoms with van der Waals surface area (Å²) in [6.07, 6.45) is -0.468. The van der Waals surface area contributed by atoms with E-state index in [2.05, 4.69) is 6.07 Å². The van der Waals surface area contributed by atoms with Gasteiger partial charge in [-0.2, -0.15) is 5.26 Å². The standard InChI is InChI=1S/C13H16N2O2/c1-10(9-14)15(11(2)17-12(3)16)13-7-5-4-6-8-13/h4-8,10-11H,1-3H3. The fourth-order valence-corrected chi connectivity index (χ4v) is 1.71. The molecule has 0 spiro atoms. The van der Waals surface area contributed by atoms with Crippen LogP contribution in [0, 0.1) is 11.3 Å². The number of benzene rings is 1. The summed E-state index contributed by atoms with van der Waals surface area (Å²) in [5, 5.41) is 9.02. The molecule has 0 N–H and O–H groups in total. The Morgan fingerprint density at radius 3 is 2.41 bits per heavy atom. The van der Waals surface area contributed by atoms with E-state index >= 15 is 0 Å². The molecule has 0 bridgehead atoms. The SMILES string of the molecule is CC(=O)OC(C)N(c1ccccc1)C(C)C#N. The number of rotatable bonds is 4. The van der Waals surface area contributed by atoms with Crippen LogP contribution in [0.15, 0.2) is 30.3 Å². The molecule has 1 aromatic carbocycles. The van der Waals surface area contributed by atoms with Crippen LogP contribution in [-0.4, -0.2) is 18.2 Å². The predicted octanol–water partition coefficient (Wildman–Crippen LogP) is 2.31. The molecule has 4 heteroatoms. The molecule has 90 valence electrons. The molecule has 0 aliphatic rings. The quantitative estimate of drug-likeness (QED) is 0.590. The van der Waals surface area contributed by atoms with Gasteiger partial charge in [0.2, 0.25) is 0 Å². The summed E-state index contributed by atoms with van der Waals surface area (Å²) in [7, 11) is 0. The molecule has 0 aliphatic carbocycles. The molecule has 0 saturated heterocycles. The largest absolute Gasteiger partial charge is 0.442 e. The number of carbonyl (C=O) groups excluding carboxylic acids is 1. The number of nitrogens with zero attached hydrogens (tertiary/aromatic N) is 2. The molecule has 1 rings (SSSR count). The highest BCUT2D eigenvalue weighted by molar-refractivity contribution is 5.66. The number of anilines is 1. The average Bonchev–Trinajstić information content (AvgIpc) is 2.29. The van der Waals surface area contributed by atoms with E-state index in [9.17, 15) is 4.79 Å². The van der Waals surface area contributed by atoms with Crippen molar-refractivity contribution in [3.63, 3.8) is 0 Å². The van der Waals surface area contributed by atoms with E-state index in [1.165, 1.54) is 6.92 Å². The molecule has 2 atom stereocenters. The second-order valence-electron chi connectivity index (χ2n) is 3.76. The summed E-state index contributed by atoms with van der Waals surface area (Å²) < 4.78 is 5.13. The summed E-state index contributed by atoms with van der Waals surface area (Å²) in [5.74, 6) is -0.358. The van der Waals surface area contributed by atoms with Crippen molar-refractivity contribution < 1.29 is 9.53 Å². The van der Waals surface area contributed by atoms with Gasteiger partial charge in [-0.05, 0) is 26.0 Å². The van der Waals surface area contributed by atoms with Gasteiger partial charge in [-0.1, -0.05) is 18.2 Å². The fourth-order valence-electron chi connectivity index (χ4n) is 1.71. The number of nitriles is 1. The second-order valence-corrected chi connectivity index (χ2v) is 3.76. The van der Waals surface area contributed by atoms with Crippen molar-refractivity contribution in [1.82, 2.24) is 0 Å². The molecule has 0 aliphatic heterocycles. The molecule has 1 aromatic rings. The first-order valence-electron chi connectivity index (χ1n) is 5.46. The van der Waals surface area contributed by atoms with Crippen LogP contribution in [0.2, 0.25) is 0 Å². The maximum Gasteiger partial charge on any atom is 0.304 e. The first kappa shape index (κ1) is 13.0. The van der Waals surface area contributed by atoms with Crippen molar-refractivity contribution >= 4 is 11.7 Å². The van der Waals surface area contributed by atoms with Crippen LogP contribution in [0.25, 0.3) is 0 Å². The lowest BCUT2D eigenvalue weighted by Crippen LogP contribution is -2.42. The molecule has 0 saturated carbocycles. The molecule has 0 radical (unpaired) electrons. The third kappa shape index (κ3) is 3.49. The molecule has 4 nitrogen and oxygen atoms in total. The van der Waals surface area contributed by atoms with Crippen molar-refractivity contribution in [3.05, 3.63) is 30.3 Å². The van der Waals surface area contributed by atoms with Crippen LogP contribution in [0.1, 0.15) is 20.8 Å². The molecule has 0 fully saturated rings. The second kappa shape index (κ2) is 5.90. The Labute approximate surface area is 101 Å². The van der Waals surface area contributed by atoms with Crippen molar-refractivity contribution in [3.8, 4) is 6.07 Å². The number of para-hydroxylation sites is 1. The first-order valence-corrected chi connectivity index (χ1v) is 5.46. The van der Waals surface area contributed by atoms with Crippen molar-refractivity contribution in [1.29, 1.82) is 5.26 Å². The maximum absolute atomic E-state index is 11.0. The Hall–Kier alpha value is -2.02. The van der Waals surface area contributed by atoms with E-state index in [0.717, 1.165) is 5.69 Å². The smallest absolute Gasteiger partial charge is 0.304 e. The zero-order valence-corrected chi connectivity index (χ0v) is 10.3. The van der Waals surface area contributed by atoms with E-state index in [1.54, 1.807) is 18.7 Å². The normalized spacial score (nSPS) is 13.3. The lowest BCUT2D eigenvalue weighted by molar-refractivity contribution is -0.145. The van der Waals surface area contributed by atoms with Gasteiger partial charge in [-0.25, -0.2) is 0 Å². The lowest BCUT2D eigenvalue weighted by Gasteiger charge is -2.32. The summed E-state index contributed by atoms with van der Waals surface area (Å²) in [6.45, 7) is 4.88. The molecular weight excluding hydrogens is 216 g/mol. The van der Waals surface area contributed by atoms with Crippen LogP contribution in [0.4, 0.5) is 5.69 Å². The summed E-state index contributed by atoms with van der Waals surface area (Å²) in [5.41, 5.74) is 0.857. The van der Waals surface area contributed by atoms with Crippen LogP contribution in [0.5, 0.6) is 0 Å². The van der Waals surface area contributed by atoms with Gasteiger partial charge in [0.25, 0.3) is 0 Å². The molecule has 2 unspecified atom stereocenters. The minimum Gasteiger partial charge on any atom is -0.442 e. The van der Waals surface area contributed by atoms with Crippen LogP contribution in [-0.2, 0) is 9.53 Å². The summed E-state index contributed by atoms with van der Waals surface area (Å²) >= 11 is 0. The number of ether oxygens (including phenoxy) is 1. The average molecular weight is 232 g/mol. The van der Waals surface area contributed by atoms with Gasteiger partial charge in [-0.15, -0.1) is 0 Å². The third-order valence-corrected chi connectivity index (χ3v) is 2.39.